The van der Waals surface area contributed by atoms with E-state index < -0.39 is 10.8 Å². The molecule has 0 aliphatic rings. The molecule has 0 saturated heterocycles. The highest BCUT2D eigenvalue weighted by molar-refractivity contribution is 6.33. The van der Waals surface area contributed by atoms with E-state index in [2.05, 4.69) is 15.5 Å². The van der Waals surface area contributed by atoms with E-state index in [9.17, 15) is 14.9 Å². The number of hydrogen-bond donors (Lipinski definition) is 1. The van der Waals surface area contributed by atoms with Crippen molar-refractivity contribution >= 4 is 35.3 Å². The fraction of sp³-hybridized carbons (Fsp3) is 0. The molecule has 0 bridgehead atoms. The van der Waals surface area contributed by atoms with Gasteiger partial charge in [-0.05, 0) is 35.9 Å². The number of nitro groups is 1. The molecule has 1 aromatic heterocycles. The number of anilines is 1. The van der Waals surface area contributed by atoms with Crippen molar-refractivity contribution in [3.05, 3.63) is 75.3 Å². The van der Waals surface area contributed by atoms with Gasteiger partial charge in [-0.2, -0.15) is 0 Å². The number of hydrogen-bond acceptors (Lipinski definition) is 6. The number of halogens is 1. The van der Waals surface area contributed by atoms with E-state index >= 15 is 0 Å². The highest BCUT2D eigenvalue weighted by atomic mass is 35.5. The van der Waals surface area contributed by atoms with Gasteiger partial charge in [0.05, 0.1) is 15.5 Å². The van der Waals surface area contributed by atoms with Gasteiger partial charge in [-0.15, -0.1) is 5.10 Å². The monoisotopic (exact) mass is 370 g/mol. The lowest BCUT2D eigenvalue weighted by Crippen LogP contribution is -2.07. The molecule has 9 heteroatoms. The molecule has 1 amide bonds. The van der Waals surface area contributed by atoms with Gasteiger partial charge in [-0.25, -0.2) is 0 Å². The number of non-ortho nitro benzene ring substituents is 1. The second kappa shape index (κ2) is 7.58. The molecule has 8 nitrogen and oxygen atoms in total. The number of nitrogens with one attached hydrogen (secondary N) is 1. The minimum atomic E-state index is -0.494. The van der Waals surface area contributed by atoms with Gasteiger partial charge in [0.25, 0.3) is 17.5 Å². The van der Waals surface area contributed by atoms with Crippen LogP contribution in [0.25, 0.3) is 17.5 Å². The number of carbonyl (C=O) groups is 1. The van der Waals surface area contributed by atoms with Crippen LogP contribution < -0.4 is 5.32 Å². The van der Waals surface area contributed by atoms with Crippen LogP contribution in [0.3, 0.4) is 0 Å². The first-order valence-corrected chi connectivity index (χ1v) is 7.72. The zero-order valence-electron chi connectivity index (χ0n) is 13.1. The van der Waals surface area contributed by atoms with E-state index in [-0.39, 0.29) is 17.6 Å². The second-order valence-corrected chi connectivity index (χ2v) is 5.47. The summed E-state index contributed by atoms with van der Waals surface area (Å²) in [5.41, 5.74) is 1.17. The first kappa shape index (κ1) is 17.3. The summed E-state index contributed by atoms with van der Waals surface area (Å²) in [4.78, 5) is 22.0. The Hall–Kier alpha value is -3.52. The lowest BCUT2D eigenvalue weighted by molar-refractivity contribution is -0.384. The average Bonchev–Trinajstić information content (AvgIpc) is 3.09. The van der Waals surface area contributed by atoms with Crippen LogP contribution in [-0.2, 0) is 4.79 Å². The van der Waals surface area contributed by atoms with E-state index in [1.165, 1.54) is 36.4 Å². The summed E-state index contributed by atoms with van der Waals surface area (Å²) >= 11 is 6.05. The molecule has 0 saturated carbocycles. The molecular weight excluding hydrogens is 360 g/mol. The molecule has 0 aliphatic heterocycles. The Morgan fingerprint density at radius 2 is 1.88 bits per heavy atom. The van der Waals surface area contributed by atoms with Gasteiger partial charge in [0.1, 0.15) is 0 Å². The van der Waals surface area contributed by atoms with Crippen molar-refractivity contribution in [2.75, 3.05) is 5.32 Å². The SMILES string of the molecule is O=C(/C=C\c1ccc([N+](=O)[O-])cc1)Nc1nnc(-c2ccccc2Cl)o1. The molecule has 26 heavy (non-hydrogen) atoms. The average molecular weight is 371 g/mol. The third-order valence-electron chi connectivity index (χ3n) is 3.29. The standard InChI is InChI=1S/C17H11ClN4O4/c18-14-4-2-1-3-13(14)16-20-21-17(26-16)19-15(23)10-7-11-5-8-12(9-6-11)22(24)25/h1-10H,(H,19,21,23)/b10-7-. The fourth-order valence-corrected chi connectivity index (χ4v) is 2.26. The molecule has 1 N–H and O–H groups in total. The van der Waals surface area contributed by atoms with Gasteiger partial charge in [0.2, 0.25) is 0 Å². The third kappa shape index (κ3) is 4.11. The maximum absolute atomic E-state index is 11.9. The summed E-state index contributed by atoms with van der Waals surface area (Å²) in [5, 5.41) is 21.1. The predicted octanol–water partition coefficient (Wildman–Crippen LogP) is 3.95. The Morgan fingerprint density at radius 1 is 1.15 bits per heavy atom. The summed E-state index contributed by atoms with van der Waals surface area (Å²) in [7, 11) is 0. The summed E-state index contributed by atoms with van der Waals surface area (Å²) in [5.74, 6) is -0.303. The Labute approximate surface area is 152 Å². The van der Waals surface area contributed by atoms with Crippen molar-refractivity contribution in [2.24, 2.45) is 0 Å². The Kier molecular flexibility index (Phi) is 5.04. The zero-order chi connectivity index (χ0) is 18.5. The Morgan fingerprint density at radius 3 is 2.58 bits per heavy atom. The van der Waals surface area contributed by atoms with Crippen LogP contribution in [-0.4, -0.2) is 21.0 Å². The number of nitrogens with zero attached hydrogens (tertiary/aromatic N) is 3. The predicted molar refractivity (Wildman–Crippen MR) is 95.5 cm³/mol. The number of nitro benzene ring substituents is 1. The topological polar surface area (TPSA) is 111 Å². The smallest absolute Gasteiger partial charge is 0.322 e. The van der Waals surface area contributed by atoms with Crippen LogP contribution in [0, 0.1) is 10.1 Å². The van der Waals surface area contributed by atoms with Crippen molar-refractivity contribution in [2.45, 2.75) is 0 Å². The minimum absolute atomic E-state index is 0.0236. The normalized spacial score (nSPS) is 10.8. The summed E-state index contributed by atoms with van der Waals surface area (Å²) < 4.78 is 5.37. The zero-order valence-corrected chi connectivity index (χ0v) is 13.9. The van der Waals surface area contributed by atoms with Crippen LogP contribution in [0.1, 0.15) is 5.56 Å². The lowest BCUT2D eigenvalue weighted by atomic mass is 10.2. The lowest BCUT2D eigenvalue weighted by Gasteiger charge is -1.97. The highest BCUT2D eigenvalue weighted by Crippen LogP contribution is 2.27. The molecule has 130 valence electrons. The van der Waals surface area contributed by atoms with Crippen LogP contribution in [0.15, 0.2) is 59.0 Å². The number of rotatable bonds is 5. The maximum atomic E-state index is 11.9. The maximum Gasteiger partial charge on any atom is 0.322 e. The van der Waals surface area contributed by atoms with Crippen molar-refractivity contribution < 1.29 is 14.1 Å². The fourth-order valence-electron chi connectivity index (χ4n) is 2.04. The molecule has 0 atom stereocenters. The van der Waals surface area contributed by atoms with Crippen molar-refractivity contribution in [3.8, 4) is 11.5 Å². The molecule has 0 spiro atoms. The molecule has 3 rings (SSSR count). The first-order chi connectivity index (χ1) is 12.5. The molecule has 0 aliphatic carbocycles. The summed E-state index contributed by atoms with van der Waals surface area (Å²) in [6, 6.07) is 12.6. The summed E-state index contributed by atoms with van der Waals surface area (Å²) in [6.07, 6.45) is 2.75. The van der Waals surface area contributed by atoms with E-state index in [4.69, 9.17) is 16.0 Å². The quantitative estimate of drug-likeness (QED) is 0.413. The van der Waals surface area contributed by atoms with Crippen LogP contribution >= 0.6 is 11.6 Å². The van der Waals surface area contributed by atoms with Gasteiger partial charge >= 0.3 is 6.01 Å². The molecule has 0 unspecified atom stereocenters. The van der Waals surface area contributed by atoms with Gasteiger partial charge < -0.3 is 4.42 Å². The van der Waals surface area contributed by atoms with Gasteiger partial charge in [0.15, 0.2) is 0 Å². The van der Waals surface area contributed by atoms with E-state index in [1.807, 2.05) is 0 Å². The van der Waals surface area contributed by atoms with Crippen molar-refractivity contribution in [1.82, 2.24) is 10.2 Å². The number of carbonyl (C=O) groups excluding carboxylic acids is 1. The number of aromatic nitrogens is 2. The number of amides is 1. The van der Waals surface area contributed by atoms with Crippen molar-refractivity contribution in [1.29, 1.82) is 0 Å². The van der Waals surface area contributed by atoms with Crippen LogP contribution in [0.4, 0.5) is 11.7 Å². The largest absolute Gasteiger partial charge is 0.403 e. The molecule has 3 aromatic rings. The number of benzene rings is 2. The van der Waals surface area contributed by atoms with Crippen LogP contribution in [0.5, 0.6) is 0 Å². The third-order valence-corrected chi connectivity index (χ3v) is 3.62. The first-order valence-electron chi connectivity index (χ1n) is 7.35. The highest BCUT2D eigenvalue weighted by Gasteiger charge is 2.12. The second-order valence-electron chi connectivity index (χ2n) is 5.06. The van der Waals surface area contributed by atoms with E-state index in [0.29, 0.717) is 16.1 Å². The van der Waals surface area contributed by atoms with Crippen LogP contribution in [0.2, 0.25) is 5.02 Å². The van der Waals surface area contributed by atoms with Gasteiger partial charge in [-0.1, -0.05) is 28.8 Å². The molecular formula is C17H11ClN4O4. The molecule has 0 radical (unpaired) electrons. The van der Waals surface area contributed by atoms with E-state index in [0.717, 1.165) is 0 Å². The van der Waals surface area contributed by atoms with E-state index in [1.54, 1.807) is 24.3 Å². The van der Waals surface area contributed by atoms with Gasteiger partial charge in [0, 0.05) is 18.2 Å². The Balaban J connectivity index is 1.65. The van der Waals surface area contributed by atoms with Gasteiger partial charge in [-0.3, -0.25) is 20.2 Å². The molecule has 2 aromatic carbocycles. The summed E-state index contributed by atoms with van der Waals surface area (Å²) in [6.45, 7) is 0. The molecule has 0 fully saturated rings. The minimum Gasteiger partial charge on any atom is -0.403 e. The molecule has 1 heterocycles. The Bertz CT molecular complexity index is 982. The van der Waals surface area contributed by atoms with Crippen molar-refractivity contribution in [3.63, 3.8) is 0 Å².